The molecule has 1 atom stereocenters. The monoisotopic (exact) mass is 2090 g/mol. The minimum Gasteiger partial charge on any atom is -0.465 e. The van der Waals surface area contributed by atoms with Crippen LogP contribution in [0.15, 0.2) is 212 Å². The molecule has 726 valence electrons. The number of hydrogen-bond acceptors (Lipinski definition) is 14. The van der Waals surface area contributed by atoms with Gasteiger partial charge in [-0.15, -0.1) is 0 Å². The first-order valence-corrected chi connectivity index (χ1v) is 73.0. The van der Waals surface area contributed by atoms with E-state index in [4.69, 9.17) is 102 Å². The number of piperidine rings is 1. The first kappa shape index (κ1) is 117. The molecular weight excluding hydrogens is 1960 g/mol. The molecule has 1 aliphatic rings. The van der Waals surface area contributed by atoms with Crippen LogP contribution in [0, 0.1) is 40.0 Å². The molecule has 135 heavy (non-hydrogen) atoms. The van der Waals surface area contributed by atoms with Gasteiger partial charge in [0, 0.05) is 130 Å². The Morgan fingerprint density at radius 3 is 1.03 bits per heavy atom. The van der Waals surface area contributed by atoms with Crippen LogP contribution in [-0.4, -0.2) is 135 Å². The number of hydrogen-bond donors (Lipinski definition) is 3. The lowest BCUT2D eigenvalue weighted by atomic mass is 9.95. The maximum absolute atomic E-state index is 13.3. The van der Waals surface area contributed by atoms with Gasteiger partial charge in [-0.3, -0.25) is 44.8 Å². The van der Waals surface area contributed by atoms with Gasteiger partial charge in [-0.2, -0.15) is 0 Å². The van der Waals surface area contributed by atoms with E-state index in [1.54, 1.807) is 44.2 Å². The summed E-state index contributed by atoms with van der Waals surface area (Å²) in [6.07, 6.45) is 3.16. The van der Waals surface area contributed by atoms with Crippen LogP contribution in [0.1, 0.15) is 88.9 Å². The van der Waals surface area contributed by atoms with Crippen molar-refractivity contribution >= 4 is 215 Å². The van der Waals surface area contributed by atoms with E-state index in [0.29, 0.717) is 47.9 Å². The average Bonchev–Trinajstić information content (AvgIpc) is 1.62. The van der Waals surface area contributed by atoms with Gasteiger partial charge in [0.1, 0.15) is 11.7 Å². The number of amides is 1. The first-order chi connectivity index (χ1) is 62.5. The molecule has 9 aromatic carbocycles. The molecule has 5 N–H and O–H groups in total. The predicted octanol–water partition coefficient (Wildman–Crippen LogP) is 27.0. The lowest BCUT2D eigenvalue weighted by Gasteiger charge is -2.30. The number of anilines is 2. The topological polar surface area (TPSA) is 267 Å². The van der Waals surface area contributed by atoms with Crippen molar-refractivity contribution in [1.29, 1.82) is 0 Å². The highest BCUT2D eigenvalue weighted by atomic mass is 35.5. The molecule has 2 aromatic heterocycles. The van der Waals surface area contributed by atoms with Gasteiger partial charge in [-0.1, -0.05) is 312 Å². The number of esters is 2. The van der Waals surface area contributed by atoms with Crippen LogP contribution >= 0.6 is 81.2 Å². The molecule has 0 saturated carbocycles. The molecule has 33 heteroatoms. The van der Waals surface area contributed by atoms with Crippen LogP contribution in [-0.2, 0) is 19.1 Å². The van der Waals surface area contributed by atoms with Crippen molar-refractivity contribution in [2.24, 2.45) is 5.92 Å². The number of Topliss-reactive ketones (excluding diaryl/α,β-unsaturated/α-hetero) is 2. The largest absolute Gasteiger partial charge is 0.465 e. The highest BCUT2D eigenvalue weighted by molar-refractivity contribution is 7.39. The normalized spacial score (nSPS) is 12.4. The molecule has 1 unspecified atom stereocenters. The number of ketones is 2. The van der Waals surface area contributed by atoms with E-state index in [2.05, 4.69) is 225 Å². The maximum Gasteiger partial charge on any atom is 0.339 e. The maximum atomic E-state index is 13.3. The Bertz CT molecular complexity index is 5750. The average molecular weight is 2090 g/mol. The van der Waals surface area contributed by atoms with Crippen LogP contribution in [0.3, 0.4) is 0 Å². The number of non-ortho nitro benzene ring substituents is 2. The van der Waals surface area contributed by atoms with Crippen molar-refractivity contribution in [2.75, 3.05) is 37.8 Å². The van der Waals surface area contributed by atoms with Gasteiger partial charge in [0.2, 0.25) is 0 Å². The number of nitrogens with one attached hydrogen (secondary N) is 1. The lowest BCUT2D eigenvalue weighted by Crippen LogP contribution is -2.49. The number of benzene rings is 9. The molecule has 1 amide bonds. The van der Waals surface area contributed by atoms with Crippen molar-refractivity contribution < 1.29 is 43.3 Å². The third-order valence-electron chi connectivity index (χ3n) is 22.7. The number of nitrogens with zero attached hydrogens (tertiary/aromatic N) is 5. The minimum absolute atomic E-state index is 0.0596. The van der Waals surface area contributed by atoms with Gasteiger partial charge in [0.15, 0.2) is 5.78 Å². The Morgan fingerprint density at radius 1 is 0.400 bits per heavy atom. The van der Waals surface area contributed by atoms with Crippen LogP contribution in [0.4, 0.5) is 22.7 Å². The Hall–Kier alpha value is -8.80. The summed E-state index contributed by atoms with van der Waals surface area (Å²) < 4.78 is 14.2. The number of nitro groups is 2. The van der Waals surface area contributed by atoms with Gasteiger partial charge < -0.3 is 30.1 Å². The van der Waals surface area contributed by atoms with Gasteiger partial charge >= 0.3 is 11.9 Å². The lowest BCUT2D eigenvalue weighted by molar-refractivity contribution is -0.385. The van der Waals surface area contributed by atoms with Crippen molar-refractivity contribution in [3.05, 3.63) is 296 Å². The smallest absolute Gasteiger partial charge is 0.339 e. The molecule has 0 radical (unpaired) electrons. The highest BCUT2D eigenvalue weighted by Gasteiger charge is 2.33. The minimum atomic E-state index is -1.42. The second-order valence-electron chi connectivity index (χ2n) is 40.0. The second-order valence-corrected chi connectivity index (χ2v) is 86.3. The summed E-state index contributed by atoms with van der Waals surface area (Å²) in [6.45, 7) is 60.3. The number of aromatic nitrogens is 2. The standard InChI is InChI=1S/C26H31Cl2N3OSi.C23H25Cl2NO2Si.C14H14Cl2O4.C9H13NO2Si.2C9H15NSi.C6H4ClNO2.C6H18Si2/c1-18-23(26(32)29-30-14-6-5-7-15-30)17-25(22-13-8-19(27)16-24(22)28)31(18)20-9-11-21(12-10-20)33(2,3)4;1-6-28-23(27)20-14-22(19-12-7-16(24)13-21(19)25)26(15(20)2)17-8-10-18(11-9-17)29(3,4)5;1-3-20-14(19)11(8(2)17)7-13(18)10-5-4-9(15)6-12(10)16;1-13(2,3)9-6-4-8(5-7-9)10(11)12;2*1-11(2,3)9-6-4-8(10)5-7-9;7-5-1-3-6(4-2-5)8(9)10;1-7(2,3)8(4,5)6/h8-13,16-17H,5-7,14-15H2,1-4H3,(H,29,32);7-14H,6H2,1-5H3;4-6,11H,3,7H2,1-2H3;4-7H,1-3H3;2*4-7H,10H2,1-3H3;1-4H;1-6H3. The third-order valence-corrected chi connectivity index (χ3v) is 52.9. The zero-order chi connectivity index (χ0) is 102. The van der Waals surface area contributed by atoms with Gasteiger partial charge in [-0.05, 0) is 175 Å². The van der Waals surface area contributed by atoms with Crippen molar-refractivity contribution in [3.63, 3.8) is 0 Å². The molecule has 0 aliphatic carbocycles. The zero-order valence-electron chi connectivity index (χ0n) is 83.0. The summed E-state index contributed by atoms with van der Waals surface area (Å²) in [5.41, 5.74) is 24.6. The number of hydrazine groups is 1. The summed E-state index contributed by atoms with van der Waals surface area (Å²) in [7, 11) is -7.80. The first-order valence-electron chi connectivity index (χ1n) is 44.8. The summed E-state index contributed by atoms with van der Waals surface area (Å²) in [5, 5.41) is 32.8. The Balaban J connectivity index is 0.000000287. The van der Waals surface area contributed by atoms with E-state index in [1.807, 2.05) is 85.6 Å². The molecule has 1 saturated heterocycles. The number of nitrogens with two attached hydrogens (primary N) is 2. The molecule has 19 nitrogen and oxygen atoms in total. The van der Waals surface area contributed by atoms with Crippen LogP contribution in [0.5, 0.6) is 0 Å². The van der Waals surface area contributed by atoms with Crippen LogP contribution in [0.2, 0.25) is 173 Å². The van der Waals surface area contributed by atoms with E-state index >= 15 is 0 Å². The van der Waals surface area contributed by atoms with E-state index < -0.39 is 83.9 Å². The summed E-state index contributed by atoms with van der Waals surface area (Å²) in [6, 6.07) is 65.4. The molecule has 12 rings (SSSR count). The zero-order valence-corrected chi connectivity index (χ0v) is 95.3. The molecule has 0 bridgehead atoms. The fourth-order valence-electron chi connectivity index (χ4n) is 13.0. The van der Waals surface area contributed by atoms with E-state index in [9.17, 15) is 44.2 Å². The molecule has 1 aliphatic heterocycles. The van der Waals surface area contributed by atoms with Crippen molar-refractivity contribution in [2.45, 2.75) is 198 Å². The highest BCUT2D eigenvalue weighted by Crippen LogP contribution is 2.38. The number of nitro benzene ring substituents is 2. The van der Waals surface area contributed by atoms with E-state index in [1.165, 1.54) is 81.7 Å². The number of halogens is 7. The summed E-state index contributed by atoms with van der Waals surface area (Å²) in [5.74, 6) is -3.04. The predicted molar refractivity (Wildman–Crippen MR) is 591 cm³/mol. The Kier molecular flexibility index (Phi) is 44.7. The van der Waals surface area contributed by atoms with Crippen LogP contribution < -0.4 is 42.8 Å². The summed E-state index contributed by atoms with van der Waals surface area (Å²) in [4.78, 5) is 80.6. The fraction of sp³-hybridized carbons (Fsp3) is 0.343. The molecular formula is C102H135Cl7N8O11Si7. The molecule has 0 spiro atoms. The number of carbonyl (C=O) groups is 5. The van der Waals surface area contributed by atoms with Crippen LogP contribution in [0.25, 0.3) is 33.9 Å². The van der Waals surface area contributed by atoms with E-state index in [0.717, 1.165) is 82.6 Å². The SMILES string of the molecule is CCOC(=O)C(CC(=O)c1ccc(Cl)cc1Cl)C(C)=O.CCOC(=O)c1cc(-c2ccc(Cl)cc2Cl)n(-c2ccc([Si](C)(C)C)cc2)c1C.C[Si](C)(C)[Si](C)(C)C.C[Si](C)(C)c1ccc(N)cc1.C[Si](C)(C)c1ccc(N)cc1.C[Si](C)(C)c1ccc([N+](=O)[O-])cc1.Cc1c(C(=O)NN2CCCCC2)cc(-c2ccc(Cl)cc2Cl)n1-c1ccc([Si](C)(C)C)cc1.O=[N+]([O-])c1ccc(Cl)cc1. The number of rotatable bonds is 22. The van der Waals surface area contributed by atoms with E-state index in [-0.39, 0.29) is 51.8 Å². The van der Waals surface area contributed by atoms with Gasteiger partial charge in [0.05, 0.1) is 101 Å². The van der Waals surface area contributed by atoms with Gasteiger partial charge in [0.25, 0.3) is 17.3 Å². The Labute approximate surface area is 841 Å². The Morgan fingerprint density at radius 2 is 0.711 bits per heavy atom. The number of carbonyl (C=O) groups excluding carboxylic acids is 5. The molecule has 3 heterocycles. The molecule has 11 aromatic rings. The van der Waals surface area contributed by atoms with Crippen molar-refractivity contribution in [3.8, 4) is 33.9 Å². The quantitative estimate of drug-likeness (QED) is 0.0108. The number of nitrogen functional groups attached to an aromatic ring is 2. The fourth-order valence-corrected chi connectivity index (χ4v) is 20.5. The number of ether oxygens (including phenoxy) is 2. The second kappa shape index (κ2) is 51.7. The van der Waals surface area contributed by atoms with Gasteiger partial charge in [-0.25, -0.2) is 9.80 Å². The molecule has 1 fully saturated rings. The summed E-state index contributed by atoms with van der Waals surface area (Å²) >= 11 is 42.5. The van der Waals surface area contributed by atoms with Crippen molar-refractivity contribution in [1.82, 2.24) is 19.6 Å². The third kappa shape index (κ3) is 36.8.